The van der Waals surface area contributed by atoms with Crippen LogP contribution in [0.3, 0.4) is 0 Å². The fourth-order valence-corrected chi connectivity index (χ4v) is 1.61. The lowest BCUT2D eigenvalue weighted by molar-refractivity contribution is 0.473. The van der Waals surface area contributed by atoms with E-state index in [4.69, 9.17) is 4.55 Å². The van der Waals surface area contributed by atoms with Gasteiger partial charge in [0.15, 0.2) is 11.6 Å². The molecule has 0 fully saturated rings. The van der Waals surface area contributed by atoms with Crippen LogP contribution in [0, 0.1) is 18.6 Å². The molecule has 7 heteroatoms. The van der Waals surface area contributed by atoms with E-state index in [0.29, 0.717) is 0 Å². The monoisotopic (exact) mass is 258 g/mol. The standard InChI is InChI=1S/C8H8F2O3S.ClH/c1-5-2-3-6(4-14(11,12)13)8(10)7(5)9;/h2-3H,4H2,1H3,(H,11,12,13);1H. The second-order valence-electron chi connectivity index (χ2n) is 2.90. The fraction of sp³-hybridized carbons (Fsp3) is 0.250. The highest BCUT2D eigenvalue weighted by Gasteiger charge is 2.15. The van der Waals surface area contributed by atoms with Gasteiger partial charge in [0.1, 0.15) is 5.75 Å². The Morgan fingerprint density at radius 2 is 1.80 bits per heavy atom. The van der Waals surface area contributed by atoms with Crippen LogP contribution in [0.1, 0.15) is 11.1 Å². The molecule has 0 atom stereocenters. The Bertz CT molecular complexity index is 459. The number of halogens is 3. The third kappa shape index (κ3) is 3.73. The largest absolute Gasteiger partial charge is 0.285 e. The third-order valence-corrected chi connectivity index (χ3v) is 2.37. The van der Waals surface area contributed by atoms with Gasteiger partial charge in [-0.15, -0.1) is 12.4 Å². The highest BCUT2D eigenvalue weighted by atomic mass is 35.5. The number of hydrogen-bond acceptors (Lipinski definition) is 2. The Labute approximate surface area is 92.3 Å². The minimum Gasteiger partial charge on any atom is -0.285 e. The van der Waals surface area contributed by atoms with E-state index in [1.807, 2.05) is 0 Å². The minimum atomic E-state index is -4.34. The summed E-state index contributed by atoms with van der Waals surface area (Å²) >= 11 is 0. The average Bonchev–Trinajstić information content (AvgIpc) is 2.04. The Balaban J connectivity index is 0.00000196. The molecule has 0 heterocycles. The van der Waals surface area contributed by atoms with Crippen LogP contribution in [0.2, 0.25) is 0 Å². The maximum Gasteiger partial charge on any atom is 0.269 e. The highest BCUT2D eigenvalue weighted by molar-refractivity contribution is 7.85. The van der Waals surface area contributed by atoms with E-state index in [2.05, 4.69) is 0 Å². The first kappa shape index (κ1) is 14.3. The first-order chi connectivity index (χ1) is 6.31. The molecule has 0 aromatic heterocycles. The molecule has 1 aromatic rings. The van der Waals surface area contributed by atoms with Gasteiger partial charge >= 0.3 is 0 Å². The second kappa shape index (κ2) is 4.87. The molecule has 1 rings (SSSR count). The van der Waals surface area contributed by atoms with E-state index >= 15 is 0 Å². The zero-order valence-electron chi connectivity index (χ0n) is 7.70. The summed E-state index contributed by atoms with van der Waals surface area (Å²) in [6.45, 7) is 1.36. The quantitative estimate of drug-likeness (QED) is 0.827. The van der Waals surface area contributed by atoms with E-state index < -0.39 is 27.5 Å². The van der Waals surface area contributed by atoms with E-state index in [1.165, 1.54) is 13.0 Å². The molecule has 0 saturated carbocycles. The highest BCUT2D eigenvalue weighted by Crippen LogP contribution is 2.17. The zero-order valence-corrected chi connectivity index (χ0v) is 9.33. The molecule has 0 spiro atoms. The van der Waals surface area contributed by atoms with Crippen molar-refractivity contribution in [3.8, 4) is 0 Å². The van der Waals surface area contributed by atoms with Crippen LogP contribution in [-0.2, 0) is 15.9 Å². The van der Waals surface area contributed by atoms with Crippen molar-refractivity contribution in [2.24, 2.45) is 0 Å². The molecule has 0 amide bonds. The van der Waals surface area contributed by atoms with Crippen molar-refractivity contribution in [2.75, 3.05) is 0 Å². The molecule has 0 saturated heterocycles. The van der Waals surface area contributed by atoms with Crippen molar-refractivity contribution in [1.82, 2.24) is 0 Å². The summed E-state index contributed by atoms with van der Waals surface area (Å²) in [7, 11) is -4.34. The molecule has 0 unspecified atom stereocenters. The molecule has 0 bridgehead atoms. The summed E-state index contributed by atoms with van der Waals surface area (Å²) in [6.07, 6.45) is 0. The molecular weight excluding hydrogens is 250 g/mol. The number of benzene rings is 1. The van der Waals surface area contributed by atoms with Crippen LogP contribution in [0.25, 0.3) is 0 Å². The maximum atomic E-state index is 13.0. The summed E-state index contributed by atoms with van der Waals surface area (Å²) < 4.78 is 55.2. The van der Waals surface area contributed by atoms with Crippen molar-refractivity contribution in [3.05, 3.63) is 34.9 Å². The van der Waals surface area contributed by atoms with E-state index in [-0.39, 0.29) is 23.5 Å². The summed E-state index contributed by atoms with van der Waals surface area (Å²) in [5.41, 5.74) is -0.294. The van der Waals surface area contributed by atoms with Gasteiger partial charge in [0.2, 0.25) is 0 Å². The van der Waals surface area contributed by atoms with Crippen LogP contribution in [-0.4, -0.2) is 13.0 Å². The Morgan fingerprint density at radius 1 is 1.27 bits per heavy atom. The van der Waals surface area contributed by atoms with Gasteiger partial charge < -0.3 is 0 Å². The normalized spacial score (nSPS) is 10.9. The SMILES string of the molecule is Cc1ccc(CS(=O)(=O)O)c(F)c1F.Cl. The topological polar surface area (TPSA) is 54.4 Å². The maximum absolute atomic E-state index is 13.0. The molecule has 15 heavy (non-hydrogen) atoms. The van der Waals surface area contributed by atoms with Gasteiger partial charge in [-0.1, -0.05) is 12.1 Å². The van der Waals surface area contributed by atoms with Gasteiger partial charge in [-0.05, 0) is 12.5 Å². The van der Waals surface area contributed by atoms with Gasteiger partial charge in [-0.2, -0.15) is 8.42 Å². The average molecular weight is 259 g/mol. The van der Waals surface area contributed by atoms with Crippen LogP contribution >= 0.6 is 12.4 Å². The first-order valence-electron chi connectivity index (χ1n) is 3.70. The molecule has 0 aliphatic carbocycles. The van der Waals surface area contributed by atoms with Gasteiger partial charge in [0, 0.05) is 5.56 Å². The summed E-state index contributed by atoms with van der Waals surface area (Å²) in [5.74, 6) is -3.25. The molecule has 0 radical (unpaired) electrons. The van der Waals surface area contributed by atoms with Crippen molar-refractivity contribution in [1.29, 1.82) is 0 Å². The smallest absolute Gasteiger partial charge is 0.269 e. The zero-order chi connectivity index (χ0) is 10.9. The Morgan fingerprint density at radius 3 is 2.27 bits per heavy atom. The van der Waals surface area contributed by atoms with Crippen molar-refractivity contribution in [3.63, 3.8) is 0 Å². The number of rotatable bonds is 2. The third-order valence-electron chi connectivity index (χ3n) is 1.69. The molecule has 3 nitrogen and oxygen atoms in total. The van der Waals surface area contributed by atoms with Crippen molar-refractivity contribution in [2.45, 2.75) is 12.7 Å². The molecular formula is C8H9ClF2O3S. The van der Waals surface area contributed by atoms with Gasteiger partial charge in [0.05, 0.1) is 0 Å². The molecule has 0 aliphatic heterocycles. The summed E-state index contributed by atoms with van der Waals surface area (Å²) in [4.78, 5) is 0. The molecule has 1 aromatic carbocycles. The molecule has 0 aliphatic rings. The van der Waals surface area contributed by atoms with Crippen LogP contribution in [0.5, 0.6) is 0 Å². The first-order valence-corrected chi connectivity index (χ1v) is 5.31. The predicted octanol–water partition coefficient (Wildman–Crippen LogP) is 2.08. The lowest BCUT2D eigenvalue weighted by Gasteiger charge is -2.03. The van der Waals surface area contributed by atoms with E-state index in [9.17, 15) is 17.2 Å². The summed E-state index contributed by atoms with van der Waals surface area (Å²) in [6, 6.07) is 2.38. The predicted molar refractivity (Wildman–Crippen MR) is 53.6 cm³/mol. The van der Waals surface area contributed by atoms with Gasteiger partial charge in [-0.25, -0.2) is 8.78 Å². The molecule has 86 valence electrons. The number of aryl methyl sites for hydroxylation is 1. The van der Waals surface area contributed by atoms with Crippen LogP contribution in [0.4, 0.5) is 8.78 Å². The van der Waals surface area contributed by atoms with Gasteiger partial charge in [-0.3, -0.25) is 4.55 Å². The van der Waals surface area contributed by atoms with Gasteiger partial charge in [0.25, 0.3) is 10.1 Å². The minimum absolute atomic E-state index is 0. The van der Waals surface area contributed by atoms with Crippen molar-refractivity contribution < 1.29 is 21.8 Å². The van der Waals surface area contributed by atoms with E-state index in [1.54, 1.807) is 0 Å². The molecule has 1 N–H and O–H groups in total. The lowest BCUT2D eigenvalue weighted by atomic mass is 10.1. The van der Waals surface area contributed by atoms with Crippen LogP contribution in [0.15, 0.2) is 12.1 Å². The number of hydrogen-bond donors (Lipinski definition) is 1. The fourth-order valence-electron chi connectivity index (χ4n) is 0.994. The second-order valence-corrected chi connectivity index (χ2v) is 4.35. The van der Waals surface area contributed by atoms with E-state index in [0.717, 1.165) is 6.07 Å². The lowest BCUT2D eigenvalue weighted by Crippen LogP contribution is -2.05. The summed E-state index contributed by atoms with van der Waals surface area (Å²) in [5, 5.41) is 0. The Hall–Kier alpha value is -0.720. The van der Waals surface area contributed by atoms with Crippen LogP contribution < -0.4 is 0 Å². The Kier molecular flexibility index (Phi) is 4.64. The van der Waals surface area contributed by atoms with Crippen molar-refractivity contribution >= 4 is 22.5 Å².